The van der Waals surface area contributed by atoms with Crippen molar-refractivity contribution in [3.63, 3.8) is 0 Å². The monoisotopic (exact) mass is 313 g/mol. The fraction of sp³-hybridized carbons (Fsp3) is 0.500. The van der Waals surface area contributed by atoms with Gasteiger partial charge in [0, 0.05) is 11.0 Å². The maximum atomic E-state index is 12.9. The summed E-state index contributed by atoms with van der Waals surface area (Å²) in [5, 5.41) is 2.94. The third-order valence-corrected chi connectivity index (χ3v) is 4.11. The maximum absolute atomic E-state index is 12.9. The molecule has 1 N–H and O–H groups in total. The van der Waals surface area contributed by atoms with Gasteiger partial charge < -0.3 is 5.32 Å². The van der Waals surface area contributed by atoms with Crippen LogP contribution >= 0.6 is 15.9 Å². The summed E-state index contributed by atoms with van der Waals surface area (Å²) in [6.45, 7) is 0.725. The number of rotatable bonds is 3. The second kappa shape index (κ2) is 6.32. The van der Waals surface area contributed by atoms with E-state index in [1.54, 1.807) is 0 Å². The van der Waals surface area contributed by atoms with Crippen LogP contribution in [0.3, 0.4) is 0 Å². The van der Waals surface area contributed by atoms with E-state index < -0.39 is 0 Å². The molecule has 0 aromatic heterocycles. The van der Waals surface area contributed by atoms with Crippen LogP contribution in [-0.4, -0.2) is 12.5 Å². The van der Waals surface area contributed by atoms with E-state index in [1.807, 2.05) is 0 Å². The Hall–Kier alpha value is -0.900. The summed E-state index contributed by atoms with van der Waals surface area (Å²) in [6.07, 6.45) is 6.24. The van der Waals surface area contributed by atoms with Crippen LogP contribution in [0.1, 0.15) is 42.5 Å². The quantitative estimate of drug-likeness (QED) is 0.901. The smallest absolute Gasteiger partial charge is 0.252 e. The van der Waals surface area contributed by atoms with Crippen LogP contribution in [-0.2, 0) is 0 Å². The van der Waals surface area contributed by atoms with Crippen LogP contribution in [0, 0.1) is 11.7 Å². The van der Waals surface area contributed by atoms with Gasteiger partial charge in [-0.1, -0.05) is 19.3 Å². The summed E-state index contributed by atoms with van der Waals surface area (Å²) in [4.78, 5) is 12.0. The number of carbonyl (C=O) groups excluding carboxylic acids is 1. The molecular formula is C14H17BrFNO. The minimum absolute atomic E-state index is 0.132. The zero-order valence-electron chi connectivity index (χ0n) is 10.2. The zero-order chi connectivity index (χ0) is 13.0. The molecule has 0 saturated heterocycles. The van der Waals surface area contributed by atoms with Gasteiger partial charge in [0.25, 0.3) is 5.91 Å². The highest BCUT2D eigenvalue weighted by atomic mass is 79.9. The van der Waals surface area contributed by atoms with Crippen molar-refractivity contribution >= 4 is 21.8 Å². The lowest BCUT2D eigenvalue weighted by atomic mass is 9.89. The Kier molecular flexibility index (Phi) is 4.75. The lowest BCUT2D eigenvalue weighted by Gasteiger charge is -2.21. The number of benzene rings is 1. The maximum Gasteiger partial charge on any atom is 0.252 e. The van der Waals surface area contributed by atoms with Gasteiger partial charge in [0.2, 0.25) is 0 Å². The van der Waals surface area contributed by atoms with E-state index in [1.165, 1.54) is 50.3 Å². The van der Waals surface area contributed by atoms with Gasteiger partial charge in [-0.2, -0.15) is 0 Å². The van der Waals surface area contributed by atoms with E-state index in [4.69, 9.17) is 0 Å². The van der Waals surface area contributed by atoms with Crippen molar-refractivity contribution in [2.45, 2.75) is 32.1 Å². The van der Waals surface area contributed by atoms with Gasteiger partial charge >= 0.3 is 0 Å². The second-order valence-electron chi connectivity index (χ2n) is 4.84. The fourth-order valence-electron chi connectivity index (χ4n) is 2.40. The highest BCUT2D eigenvalue weighted by molar-refractivity contribution is 9.10. The summed E-state index contributed by atoms with van der Waals surface area (Å²) in [5.41, 5.74) is 0.493. The Balaban J connectivity index is 1.90. The first-order chi connectivity index (χ1) is 8.66. The van der Waals surface area contributed by atoms with Crippen molar-refractivity contribution in [2.24, 2.45) is 5.92 Å². The zero-order valence-corrected chi connectivity index (χ0v) is 11.8. The van der Waals surface area contributed by atoms with Gasteiger partial charge in [-0.05, 0) is 52.9 Å². The topological polar surface area (TPSA) is 29.1 Å². The molecule has 2 nitrogen and oxygen atoms in total. The Morgan fingerprint density at radius 2 is 2.06 bits per heavy atom. The molecule has 0 atom stereocenters. The third-order valence-electron chi connectivity index (χ3n) is 3.45. The van der Waals surface area contributed by atoms with E-state index in [0.29, 0.717) is 16.0 Å². The molecule has 0 bridgehead atoms. The molecule has 1 aliphatic rings. The summed E-state index contributed by atoms with van der Waals surface area (Å²) < 4.78 is 13.4. The molecule has 1 saturated carbocycles. The molecule has 1 amide bonds. The Morgan fingerprint density at radius 1 is 1.33 bits per heavy atom. The van der Waals surface area contributed by atoms with Gasteiger partial charge in [0.1, 0.15) is 5.82 Å². The number of hydrogen-bond acceptors (Lipinski definition) is 1. The lowest BCUT2D eigenvalue weighted by molar-refractivity contribution is 0.0943. The molecule has 4 heteroatoms. The molecule has 1 fully saturated rings. The largest absolute Gasteiger partial charge is 0.352 e. The minimum atomic E-state index is -0.342. The number of amides is 1. The lowest BCUT2D eigenvalue weighted by Crippen LogP contribution is -2.30. The Bertz CT molecular complexity index is 430. The van der Waals surface area contributed by atoms with E-state index in [0.717, 1.165) is 6.54 Å². The van der Waals surface area contributed by atoms with Crippen molar-refractivity contribution in [2.75, 3.05) is 6.54 Å². The summed E-state index contributed by atoms with van der Waals surface area (Å²) in [6, 6.07) is 4.13. The number of hydrogen-bond donors (Lipinski definition) is 1. The minimum Gasteiger partial charge on any atom is -0.352 e. The van der Waals surface area contributed by atoms with Gasteiger partial charge in [0.15, 0.2) is 0 Å². The molecule has 0 heterocycles. The van der Waals surface area contributed by atoms with Crippen molar-refractivity contribution < 1.29 is 9.18 Å². The standard InChI is InChI=1S/C14H17BrFNO/c15-13-8-11(16)6-7-12(13)14(18)17-9-10-4-2-1-3-5-10/h6-8,10H,1-5,9H2,(H,17,18). The van der Waals surface area contributed by atoms with Crippen molar-refractivity contribution in [1.29, 1.82) is 0 Å². The molecule has 1 aromatic carbocycles. The molecule has 0 unspecified atom stereocenters. The summed E-state index contributed by atoms with van der Waals surface area (Å²) in [5.74, 6) is 0.125. The van der Waals surface area contributed by atoms with Crippen molar-refractivity contribution in [3.05, 3.63) is 34.1 Å². The first kappa shape index (κ1) is 13.5. The van der Waals surface area contributed by atoms with E-state index in [-0.39, 0.29) is 11.7 Å². The third kappa shape index (κ3) is 3.55. The molecule has 0 aliphatic heterocycles. The van der Waals surface area contributed by atoms with E-state index >= 15 is 0 Å². The van der Waals surface area contributed by atoms with Crippen molar-refractivity contribution in [3.8, 4) is 0 Å². The highest BCUT2D eigenvalue weighted by Crippen LogP contribution is 2.23. The second-order valence-corrected chi connectivity index (χ2v) is 5.69. The SMILES string of the molecule is O=C(NCC1CCCCC1)c1ccc(F)cc1Br. The average molecular weight is 314 g/mol. The molecule has 98 valence electrons. The molecular weight excluding hydrogens is 297 g/mol. The molecule has 2 rings (SSSR count). The first-order valence-corrected chi connectivity index (χ1v) is 7.19. The Labute approximate surface area is 115 Å². The summed E-state index contributed by atoms with van der Waals surface area (Å²) in [7, 11) is 0. The summed E-state index contributed by atoms with van der Waals surface area (Å²) >= 11 is 3.21. The van der Waals surface area contributed by atoms with Crippen LogP contribution in [0.15, 0.2) is 22.7 Å². The molecule has 0 spiro atoms. The van der Waals surface area contributed by atoms with Crippen LogP contribution in [0.4, 0.5) is 4.39 Å². The average Bonchev–Trinajstić information content (AvgIpc) is 2.37. The van der Waals surface area contributed by atoms with E-state index in [9.17, 15) is 9.18 Å². The van der Waals surface area contributed by atoms with Gasteiger partial charge in [0.05, 0.1) is 5.56 Å². The predicted octanol–water partition coefficient (Wildman–Crippen LogP) is 3.90. The van der Waals surface area contributed by atoms with Crippen LogP contribution in [0.2, 0.25) is 0 Å². The predicted molar refractivity (Wildman–Crippen MR) is 73.0 cm³/mol. The molecule has 18 heavy (non-hydrogen) atoms. The molecule has 0 radical (unpaired) electrons. The number of nitrogens with one attached hydrogen (secondary N) is 1. The molecule has 1 aromatic rings. The van der Waals surface area contributed by atoms with Crippen molar-refractivity contribution in [1.82, 2.24) is 5.32 Å². The van der Waals surface area contributed by atoms with Crippen LogP contribution in [0.5, 0.6) is 0 Å². The first-order valence-electron chi connectivity index (χ1n) is 6.40. The number of carbonyl (C=O) groups is 1. The fourth-order valence-corrected chi connectivity index (χ4v) is 2.93. The van der Waals surface area contributed by atoms with Gasteiger partial charge in [-0.15, -0.1) is 0 Å². The van der Waals surface area contributed by atoms with Crippen LogP contribution in [0.25, 0.3) is 0 Å². The highest BCUT2D eigenvalue weighted by Gasteiger charge is 2.16. The Morgan fingerprint density at radius 3 is 2.72 bits per heavy atom. The van der Waals surface area contributed by atoms with E-state index in [2.05, 4.69) is 21.2 Å². The normalized spacial score (nSPS) is 16.6. The molecule has 1 aliphatic carbocycles. The number of halogens is 2. The van der Waals surface area contributed by atoms with Gasteiger partial charge in [-0.3, -0.25) is 4.79 Å². The van der Waals surface area contributed by atoms with Crippen LogP contribution < -0.4 is 5.32 Å². The van der Waals surface area contributed by atoms with Gasteiger partial charge in [-0.25, -0.2) is 4.39 Å².